The maximum atomic E-state index is 14.2. The van der Waals surface area contributed by atoms with Crippen molar-refractivity contribution in [3.05, 3.63) is 87.2 Å². The predicted molar refractivity (Wildman–Crippen MR) is 127 cm³/mol. The third kappa shape index (κ3) is 3.91. The van der Waals surface area contributed by atoms with Crippen LogP contribution in [0.25, 0.3) is 22.7 Å². The van der Waals surface area contributed by atoms with Crippen LogP contribution in [0.5, 0.6) is 5.75 Å². The van der Waals surface area contributed by atoms with Gasteiger partial charge in [0.25, 0.3) is 11.5 Å². The quantitative estimate of drug-likeness (QED) is 0.385. The number of carbonyl (C=O) groups excluding carboxylic acids is 1. The molecule has 3 aromatic heterocycles. The van der Waals surface area contributed by atoms with Gasteiger partial charge in [0.05, 0.1) is 29.6 Å². The maximum absolute atomic E-state index is 14.2. The molecule has 0 saturated heterocycles. The molecule has 2 aromatic carbocycles. The highest BCUT2D eigenvalue weighted by Crippen LogP contribution is 2.25. The number of aromatic nitrogens is 6. The summed E-state index contributed by atoms with van der Waals surface area (Å²) in [4.78, 5) is 32.8. The minimum absolute atomic E-state index is 0.0159. The van der Waals surface area contributed by atoms with Crippen molar-refractivity contribution < 1.29 is 13.9 Å². The van der Waals surface area contributed by atoms with Gasteiger partial charge in [0, 0.05) is 6.07 Å². The Hall–Kier alpha value is -4.51. The lowest BCUT2D eigenvalue weighted by molar-refractivity contribution is 0.102. The summed E-state index contributed by atoms with van der Waals surface area (Å²) in [7, 11) is 1.53. The molecular formula is C23H17ClFN7O3. The number of halogens is 2. The van der Waals surface area contributed by atoms with Crippen LogP contribution in [0.4, 0.5) is 10.2 Å². The Labute approximate surface area is 201 Å². The van der Waals surface area contributed by atoms with Crippen molar-refractivity contribution in [2.45, 2.75) is 6.92 Å². The summed E-state index contributed by atoms with van der Waals surface area (Å²) >= 11 is 6.02. The lowest BCUT2D eigenvalue weighted by Crippen LogP contribution is -2.20. The number of benzene rings is 2. The van der Waals surface area contributed by atoms with Gasteiger partial charge in [-0.05, 0) is 31.2 Å². The SMILES string of the molecule is COc1ccccc1-n1ncc2c(=O)[nH]c(-n3nc(C)cc3NC(=O)c3c(F)cccc3Cl)nc21. The number of hydrogen-bond acceptors (Lipinski definition) is 6. The molecule has 10 nitrogen and oxygen atoms in total. The van der Waals surface area contributed by atoms with E-state index in [0.29, 0.717) is 17.1 Å². The van der Waals surface area contributed by atoms with E-state index in [1.54, 1.807) is 31.2 Å². The molecule has 0 aliphatic carbocycles. The van der Waals surface area contributed by atoms with Crippen LogP contribution in [-0.2, 0) is 0 Å². The molecule has 12 heteroatoms. The molecule has 35 heavy (non-hydrogen) atoms. The summed E-state index contributed by atoms with van der Waals surface area (Å²) in [5.41, 5.74) is 0.560. The highest BCUT2D eigenvalue weighted by Gasteiger charge is 2.21. The van der Waals surface area contributed by atoms with Gasteiger partial charge in [-0.3, -0.25) is 14.6 Å². The molecule has 5 rings (SSSR count). The topological polar surface area (TPSA) is 120 Å². The third-order valence-corrected chi connectivity index (χ3v) is 5.52. The van der Waals surface area contributed by atoms with Crippen LogP contribution in [-0.4, -0.2) is 42.5 Å². The highest BCUT2D eigenvalue weighted by molar-refractivity contribution is 6.34. The number of ether oxygens (including phenoxy) is 1. The van der Waals surface area contributed by atoms with Crippen LogP contribution in [0.3, 0.4) is 0 Å². The molecule has 0 atom stereocenters. The molecule has 0 saturated carbocycles. The van der Waals surface area contributed by atoms with Crippen molar-refractivity contribution >= 4 is 34.4 Å². The highest BCUT2D eigenvalue weighted by atomic mass is 35.5. The fourth-order valence-corrected chi connectivity index (χ4v) is 3.88. The van der Waals surface area contributed by atoms with Gasteiger partial charge < -0.3 is 10.1 Å². The molecule has 176 valence electrons. The number of rotatable bonds is 5. The average molecular weight is 494 g/mol. The predicted octanol–water partition coefficient (Wildman–Crippen LogP) is 3.66. The van der Waals surface area contributed by atoms with E-state index in [0.717, 1.165) is 6.07 Å². The zero-order valence-corrected chi connectivity index (χ0v) is 19.2. The van der Waals surface area contributed by atoms with Gasteiger partial charge in [0.15, 0.2) is 5.65 Å². The second-order valence-electron chi connectivity index (χ2n) is 7.49. The standard InChI is InChI=1S/C23H17ClFN7O3/c1-12-10-18(27-22(34)19-14(24)6-5-7-15(19)25)32(30-12)23-28-20-13(21(33)29-23)11-26-31(20)16-8-3-4-9-17(16)35-2/h3-11H,1-2H3,(H,27,34)(H,28,29,33). The van der Waals surface area contributed by atoms with Gasteiger partial charge in [-0.1, -0.05) is 29.8 Å². The first-order chi connectivity index (χ1) is 16.9. The van der Waals surface area contributed by atoms with Crippen molar-refractivity contribution in [2.75, 3.05) is 12.4 Å². The van der Waals surface area contributed by atoms with Crippen molar-refractivity contribution in [3.8, 4) is 17.4 Å². The molecule has 0 aliphatic rings. The first-order valence-corrected chi connectivity index (χ1v) is 10.7. The molecular weight excluding hydrogens is 477 g/mol. The Morgan fingerprint density at radius 1 is 1.17 bits per heavy atom. The van der Waals surface area contributed by atoms with Crippen molar-refractivity contribution in [2.24, 2.45) is 0 Å². The Balaban J connectivity index is 1.62. The van der Waals surface area contributed by atoms with Crippen LogP contribution in [0, 0.1) is 12.7 Å². The number of nitrogens with one attached hydrogen (secondary N) is 2. The number of hydrogen-bond donors (Lipinski definition) is 2. The van der Waals surface area contributed by atoms with E-state index in [4.69, 9.17) is 16.3 Å². The van der Waals surface area contributed by atoms with Gasteiger partial charge in [0.2, 0.25) is 5.95 Å². The molecule has 0 unspecified atom stereocenters. The second kappa shape index (κ2) is 8.69. The maximum Gasteiger partial charge on any atom is 0.263 e. The molecule has 0 fully saturated rings. The number of fused-ring (bicyclic) bond motifs is 1. The summed E-state index contributed by atoms with van der Waals surface area (Å²) in [6, 6.07) is 12.6. The largest absolute Gasteiger partial charge is 0.494 e. The zero-order valence-electron chi connectivity index (χ0n) is 18.4. The number of amides is 1. The molecule has 0 bridgehead atoms. The summed E-state index contributed by atoms with van der Waals surface area (Å²) in [5.74, 6) is -0.853. The molecule has 2 N–H and O–H groups in total. The van der Waals surface area contributed by atoms with Crippen molar-refractivity contribution in [3.63, 3.8) is 0 Å². The minimum atomic E-state index is -0.781. The van der Waals surface area contributed by atoms with Crippen molar-refractivity contribution in [1.82, 2.24) is 29.5 Å². The number of aromatic amines is 1. The second-order valence-corrected chi connectivity index (χ2v) is 7.90. The minimum Gasteiger partial charge on any atom is -0.494 e. The van der Waals surface area contributed by atoms with E-state index >= 15 is 0 Å². The number of aryl methyl sites for hydroxylation is 1. The fraction of sp³-hybridized carbons (Fsp3) is 0.0870. The van der Waals surface area contributed by atoms with Crippen LogP contribution >= 0.6 is 11.6 Å². The number of carbonyl (C=O) groups is 1. The molecule has 3 heterocycles. The van der Waals surface area contributed by atoms with E-state index in [1.165, 1.54) is 34.8 Å². The molecule has 0 aliphatic heterocycles. The Morgan fingerprint density at radius 3 is 2.74 bits per heavy atom. The molecule has 5 aromatic rings. The Kier molecular flexibility index (Phi) is 5.53. The smallest absolute Gasteiger partial charge is 0.263 e. The Morgan fingerprint density at radius 2 is 1.97 bits per heavy atom. The van der Waals surface area contributed by atoms with E-state index in [2.05, 4.69) is 25.5 Å². The van der Waals surface area contributed by atoms with E-state index in [1.807, 2.05) is 6.07 Å². The number of methoxy groups -OCH3 is 1. The van der Waals surface area contributed by atoms with E-state index in [9.17, 15) is 14.0 Å². The molecule has 1 amide bonds. The van der Waals surface area contributed by atoms with Gasteiger partial charge in [-0.25, -0.2) is 9.07 Å². The zero-order chi connectivity index (χ0) is 24.7. The molecule has 0 spiro atoms. The number of H-pyrrole nitrogens is 1. The van der Waals surface area contributed by atoms with Crippen LogP contribution < -0.4 is 15.6 Å². The summed E-state index contributed by atoms with van der Waals surface area (Å²) in [6.45, 7) is 1.69. The van der Waals surface area contributed by atoms with Gasteiger partial charge in [-0.15, -0.1) is 0 Å². The van der Waals surface area contributed by atoms with Gasteiger partial charge in [0.1, 0.15) is 28.5 Å². The average Bonchev–Trinajstić information content (AvgIpc) is 3.42. The lowest BCUT2D eigenvalue weighted by atomic mass is 10.2. The monoisotopic (exact) mass is 493 g/mol. The first kappa shape index (κ1) is 22.3. The summed E-state index contributed by atoms with van der Waals surface area (Å²) < 4.78 is 22.4. The van der Waals surface area contributed by atoms with Crippen LogP contribution in [0.1, 0.15) is 16.1 Å². The third-order valence-electron chi connectivity index (χ3n) is 5.20. The van der Waals surface area contributed by atoms with Crippen LogP contribution in [0.15, 0.2) is 59.5 Å². The number of para-hydroxylation sites is 2. The van der Waals surface area contributed by atoms with E-state index in [-0.39, 0.29) is 33.4 Å². The summed E-state index contributed by atoms with van der Waals surface area (Å²) in [5, 5.41) is 11.4. The molecule has 0 radical (unpaired) electrons. The fourth-order valence-electron chi connectivity index (χ4n) is 3.63. The van der Waals surface area contributed by atoms with Crippen LogP contribution in [0.2, 0.25) is 5.02 Å². The lowest BCUT2D eigenvalue weighted by Gasteiger charge is -2.11. The summed E-state index contributed by atoms with van der Waals surface area (Å²) in [6.07, 6.45) is 1.40. The van der Waals surface area contributed by atoms with Gasteiger partial charge >= 0.3 is 0 Å². The van der Waals surface area contributed by atoms with Crippen molar-refractivity contribution in [1.29, 1.82) is 0 Å². The first-order valence-electron chi connectivity index (χ1n) is 10.3. The van der Waals surface area contributed by atoms with Gasteiger partial charge in [-0.2, -0.15) is 19.9 Å². The number of anilines is 1. The number of nitrogens with zero attached hydrogens (tertiary/aromatic N) is 5. The van der Waals surface area contributed by atoms with E-state index < -0.39 is 17.3 Å². The normalized spacial score (nSPS) is 11.1. The Bertz CT molecular complexity index is 1640.